The molecule has 0 rings (SSSR count). The molecule has 0 N–H and O–H groups in total. The van der Waals surface area contributed by atoms with Crippen LogP contribution in [0.25, 0.3) is 0 Å². The van der Waals surface area contributed by atoms with Gasteiger partial charge in [-0.1, -0.05) is 0 Å². The Bertz CT molecular complexity index is 24.1. The molecule has 0 atom stereocenters. The number of hydrogen-bond donors (Lipinski definition) is 0. The molecule has 0 heterocycles. The molecular formula is CaFeGeO8YZr. The van der Waals surface area contributed by atoms with Gasteiger partial charge >= 0.3 is 131 Å². The third-order valence-electron chi connectivity index (χ3n) is 0. The molecule has 13 heteroatoms. The van der Waals surface area contributed by atoms with E-state index in [1.165, 1.54) is 0 Å². The monoisotopic (exact) mass is 477 g/mol. The van der Waals surface area contributed by atoms with Crippen molar-refractivity contribution in [2.75, 3.05) is 0 Å². The van der Waals surface area contributed by atoms with E-state index >= 15 is 0 Å². The van der Waals surface area contributed by atoms with Crippen molar-refractivity contribution in [2.24, 2.45) is 0 Å². The van der Waals surface area contributed by atoms with Crippen LogP contribution in [0.1, 0.15) is 0 Å². The van der Waals surface area contributed by atoms with E-state index in [0.717, 1.165) is 0 Å². The Morgan fingerprint density at radius 3 is 0.462 bits per heavy atom. The fourth-order valence-electron chi connectivity index (χ4n) is 0. The van der Waals surface area contributed by atoms with E-state index in [2.05, 4.69) is 0 Å². The molecule has 0 aromatic heterocycles. The van der Waals surface area contributed by atoms with Gasteiger partial charge in [0.1, 0.15) is 0 Å². The number of rotatable bonds is 0. The second kappa shape index (κ2) is 226. The predicted molar refractivity (Wildman–Crippen MR) is 17.0 cm³/mol. The Morgan fingerprint density at radius 1 is 0.462 bits per heavy atom. The van der Waals surface area contributed by atoms with E-state index in [-0.39, 0.29) is 175 Å². The van der Waals surface area contributed by atoms with Crippen molar-refractivity contribution in [3.63, 3.8) is 0 Å². The summed E-state index contributed by atoms with van der Waals surface area (Å²) in [6.45, 7) is 0. The third-order valence-corrected chi connectivity index (χ3v) is 0. The van der Waals surface area contributed by atoms with Crippen molar-refractivity contribution < 1.29 is 120 Å². The summed E-state index contributed by atoms with van der Waals surface area (Å²) in [5.41, 5.74) is 0. The zero-order valence-electron chi connectivity index (χ0n) is 5.90. The molecule has 69 valence electrons. The first-order valence-corrected chi connectivity index (χ1v) is 0. The van der Waals surface area contributed by atoms with Crippen LogP contribution in [-0.4, -0.2) is 55.3 Å². The van der Waals surface area contributed by atoms with Crippen LogP contribution in [-0.2, 0) is 120 Å². The van der Waals surface area contributed by atoms with E-state index < -0.39 is 0 Å². The topological polar surface area (TPSA) is 228 Å². The molecule has 0 aliphatic carbocycles. The first-order valence-electron chi connectivity index (χ1n) is 0. The zero-order valence-corrected chi connectivity index (χ0v) is 16.6. The minimum absolute atomic E-state index is 0. The Morgan fingerprint density at radius 2 is 0.462 bits per heavy atom. The van der Waals surface area contributed by atoms with Gasteiger partial charge < -0.3 is 43.8 Å². The molecule has 0 aromatic carbocycles. The SMILES string of the molecule is [Ca+2].[Fe+3].[Ge+4].[O-2].[O-2].[O-2].[O-2].[O-2].[O-2].[O-2].[O-2].[Y+3].[Zr+4]. The smallest absolute Gasteiger partial charge is 2.00 e. The van der Waals surface area contributed by atoms with Crippen LogP contribution in [0, 0.1) is 0 Å². The third kappa shape index (κ3) is 197. The van der Waals surface area contributed by atoms with Crippen molar-refractivity contribution in [3.05, 3.63) is 0 Å². The maximum Gasteiger partial charge on any atom is 4.00 e. The van der Waals surface area contributed by atoms with Crippen molar-refractivity contribution in [1.29, 1.82) is 0 Å². The Hall–Kier alpha value is 3.99. The second-order valence-corrected chi connectivity index (χ2v) is 0. The first kappa shape index (κ1) is 273. The van der Waals surface area contributed by atoms with Crippen molar-refractivity contribution >= 4 is 55.3 Å². The summed E-state index contributed by atoms with van der Waals surface area (Å²) >= 11 is 0. The van der Waals surface area contributed by atoms with E-state index in [4.69, 9.17) is 0 Å². The van der Waals surface area contributed by atoms with E-state index in [1.807, 2.05) is 0 Å². The summed E-state index contributed by atoms with van der Waals surface area (Å²) in [6.07, 6.45) is 0. The van der Waals surface area contributed by atoms with Crippen LogP contribution in [0.3, 0.4) is 0 Å². The molecule has 0 bridgehead atoms. The number of hydrogen-bond acceptors (Lipinski definition) is 0. The van der Waals surface area contributed by atoms with Gasteiger partial charge in [0, 0.05) is 0 Å². The Labute approximate surface area is 172 Å². The summed E-state index contributed by atoms with van der Waals surface area (Å²) in [4.78, 5) is 0. The molecule has 0 fully saturated rings. The fraction of sp³-hybridized carbons (Fsp3) is 0. The predicted octanol–water partition coefficient (Wildman–Crippen LogP) is -1.72. The minimum Gasteiger partial charge on any atom is -2.00 e. The Kier molecular flexibility index (Phi) is 4740. The van der Waals surface area contributed by atoms with Crippen LogP contribution in [0.2, 0.25) is 0 Å². The summed E-state index contributed by atoms with van der Waals surface area (Å²) in [5.74, 6) is 0. The van der Waals surface area contributed by atoms with Crippen LogP contribution >= 0.6 is 0 Å². The maximum absolute atomic E-state index is 0. The van der Waals surface area contributed by atoms with Crippen LogP contribution in [0.15, 0.2) is 0 Å². The molecule has 13 heavy (non-hydrogen) atoms. The van der Waals surface area contributed by atoms with Gasteiger partial charge in [0.15, 0.2) is 0 Å². The zero-order chi connectivity index (χ0) is 0. The van der Waals surface area contributed by atoms with E-state index in [1.54, 1.807) is 0 Å². The molecule has 0 spiro atoms. The van der Waals surface area contributed by atoms with Gasteiger partial charge in [-0.3, -0.25) is 0 Å². The molecule has 0 aliphatic heterocycles. The summed E-state index contributed by atoms with van der Waals surface area (Å²) < 4.78 is 0. The van der Waals surface area contributed by atoms with Crippen LogP contribution in [0.5, 0.6) is 0 Å². The summed E-state index contributed by atoms with van der Waals surface area (Å²) in [5, 5.41) is 0. The molecule has 0 aromatic rings. The van der Waals surface area contributed by atoms with Gasteiger partial charge in [0.2, 0.25) is 0 Å². The van der Waals surface area contributed by atoms with Crippen LogP contribution in [0.4, 0.5) is 0 Å². The summed E-state index contributed by atoms with van der Waals surface area (Å²) in [7, 11) is 0. The standard InChI is InChI=1S/Ca.Fe.Ge.8O.Y.Zr/q+2;+3;+4;8*-2;+3;+4. The molecule has 0 unspecified atom stereocenters. The summed E-state index contributed by atoms with van der Waals surface area (Å²) in [6, 6.07) is 0. The van der Waals surface area contributed by atoms with Gasteiger partial charge in [0.05, 0.1) is 0 Å². The average Bonchev–Trinajstić information content (AvgIpc) is 0. The van der Waals surface area contributed by atoms with Gasteiger partial charge in [-0.05, 0) is 0 Å². The van der Waals surface area contributed by atoms with Crippen molar-refractivity contribution in [2.45, 2.75) is 0 Å². The van der Waals surface area contributed by atoms with Gasteiger partial charge in [-0.15, -0.1) is 0 Å². The van der Waals surface area contributed by atoms with Gasteiger partial charge in [-0.25, -0.2) is 0 Å². The van der Waals surface area contributed by atoms with Gasteiger partial charge in [-0.2, -0.15) is 0 Å². The van der Waals surface area contributed by atoms with Crippen molar-refractivity contribution in [3.8, 4) is 0 Å². The largest absolute Gasteiger partial charge is 4.00 e. The molecule has 0 amide bonds. The van der Waals surface area contributed by atoms with E-state index in [0.29, 0.717) is 0 Å². The fourth-order valence-corrected chi connectivity index (χ4v) is 0. The average molecular weight is 477 g/mol. The Balaban J connectivity index is 0. The molecule has 0 aliphatic rings. The maximum atomic E-state index is 0. The van der Waals surface area contributed by atoms with Gasteiger partial charge in [0.25, 0.3) is 0 Å². The first-order chi connectivity index (χ1) is 0. The minimum atomic E-state index is 0. The molecular weight excluding hydrogens is 477 g/mol. The molecule has 8 nitrogen and oxygen atoms in total. The normalized spacial score (nSPS) is 0. The van der Waals surface area contributed by atoms with Crippen molar-refractivity contribution in [1.82, 2.24) is 0 Å². The second-order valence-electron chi connectivity index (χ2n) is 0. The molecule has 1 radical (unpaired) electrons. The molecule has 0 saturated heterocycles. The quantitative estimate of drug-likeness (QED) is 0.355. The van der Waals surface area contributed by atoms with Crippen LogP contribution < -0.4 is 0 Å². The van der Waals surface area contributed by atoms with E-state index in [9.17, 15) is 0 Å². The molecule has 0 saturated carbocycles.